The third-order valence-electron chi connectivity index (χ3n) is 9.13. The van der Waals surface area contributed by atoms with E-state index < -0.39 is 6.10 Å². The van der Waals surface area contributed by atoms with Gasteiger partial charge < -0.3 is 9.59 Å². The number of likely N-dealkylation sites (tertiary alicyclic amines) is 1. The summed E-state index contributed by atoms with van der Waals surface area (Å²) in [7, 11) is 0. The van der Waals surface area contributed by atoms with Crippen molar-refractivity contribution >= 4 is 32.7 Å². The molecule has 0 radical (unpaired) electrons. The number of fused-ring (bicyclic) bond motifs is 3. The lowest BCUT2D eigenvalue weighted by Crippen LogP contribution is -2.61. The summed E-state index contributed by atoms with van der Waals surface area (Å²) in [5.74, 6) is 0.975. The van der Waals surface area contributed by atoms with Crippen LogP contribution in [0.2, 0.25) is 0 Å². The van der Waals surface area contributed by atoms with Gasteiger partial charge in [0.1, 0.15) is 18.7 Å². The molecule has 3 aromatic carbocycles. The summed E-state index contributed by atoms with van der Waals surface area (Å²) in [6.45, 7) is 11.6. The summed E-state index contributed by atoms with van der Waals surface area (Å²) in [6, 6.07) is 27.1. The number of aliphatic hydroxyl groups is 1. The minimum atomic E-state index is -0.624. The SMILES string of the molecule is C=CC1C[N+](Cc2c3ccccc3nc3ccccc23)([C@@H](C)[C@H](O)c2ccnc3ccccc23)CCC1C. The number of rotatable bonds is 6. The third kappa shape index (κ3) is 4.18. The van der Waals surface area contributed by atoms with E-state index in [1.807, 2.05) is 30.5 Å². The molecule has 3 heterocycles. The largest absolute Gasteiger partial charge is 0.382 e. The Labute approximate surface area is 224 Å². The smallest absolute Gasteiger partial charge is 0.131 e. The third-order valence-corrected chi connectivity index (χ3v) is 9.13. The highest BCUT2D eigenvalue weighted by atomic mass is 16.3. The number of piperidine rings is 1. The zero-order valence-corrected chi connectivity index (χ0v) is 22.3. The molecule has 5 aromatic rings. The fourth-order valence-electron chi connectivity index (χ4n) is 6.68. The minimum absolute atomic E-state index is 0.0264. The topological polar surface area (TPSA) is 46.0 Å². The van der Waals surface area contributed by atoms with Crippen molar-refractivity contribution in [3.63, 3.8) is 0 Å². The lowest BCUT2D eigenvalue weighted by Gasteiger charge is -2.51. The molecular formula is C34H36N3O+. The maximum absolute atomic E-state index is 12.1. The quantitative estimate of drug-likeness (QED) is 0.151. The molecule has 38 heavy (non-hydrogen) atoms. The number of hydrogen-bond donors (Lipinski definition) is 1. The number of aromatic nitrogens is 2. The summed E-state index contributed by atoms with van der Waals surface area (Å²) in [6.07, 6.45) is 4.44. The van der Waals surface area contributed by atoms with Gasteiger partial charge in [0, 0.05) is 33.8 Å². The van der Waals surface area contributed by atoms with Crippen molar-refractivity contribution in [2.45, 2.75) is 39.0 Å². The van der Waals surface area contributed by atoms with E-state index in [4.69, 9.17) is 4.98 Å². The molecule has 4 nitrogen and oxygen atoms in total. The summed E-state index contributed by atoms with van der Waals surface area (Å²) < 4.78 is 0.802. The summed E-state index contributed by atoms with van der Waals surface area (Å²) >= 11 is 0. The van der Waals surface area contributed by atoms with E-state index in [1.54, 1.807) is 0 Å². The summed E-state index contributed by atoms with van der Waals surface area (Å²) in [4.78, 5) is 9.53. The number of para-hydroxylation sites is 3. The Bertz CT molecular complexity index is 1570. The van der Waals surface area contributed by atoms with E-state index in [1.165, 1.54) is 16.3 Å². The zero-order chi connectivity index (χ0) is 26.3. The second-order valence-corrected chi connectivity index (χ2v) is 11.2. The van der Waals surface area contributed by atoms with E-state index in [-0.39, 0.29) is 6.04 Å². The van der Waals surface area contributed by atoms with Gasteiger partial charge in [0.05, 0.1) is 29.6 Å². The van der Waals surface area contributed by atoms with Crippen LogP contribution in [0.1, 0.15) is 37.5 Å². The van der Waals surface area contributed by atoms with Crippen LogP contribution in [-0.2, 0) is 6.54 Å². The van der Waals surface area contributed by atoms with Crippen LogP contribution in [0.15, 0.2) is 97.7 Å². The van der Waals surface area contributed by atoms with E-state index in [2.05, 4.69) is 86.1 Å². The Morgan fingerprint density at radius 3 is 2.18 bits per heavy atom. The van der Waals surface area contributed by atoms with Crippen molar-refractivity contribution < 1.29 is 9.59 Å². The average molecular weight is 503 g/mol. The molecule has 0 aliphatic carbocycles. The molecule has 0 saturated carbocycles. The highest BCUT2D eigenvalue weighted by Gasteiger charge is 2.45. The Kier molecular flexibility index (Phi) is 6.46. The molecule has 1 aliphatic rings. The molecule has 2 aromatic heterocycles. The van der Waals surface area contributed by atoms with Gasteiger partial charge in [0.25, 0.3) is 0 Å². The van der Waals surface area contributed by atoms with Crippen molar-refractivity contribution in [3.8, 4) is 0 Å². The fraction of sp³-hybridized carbons (Fsp3) is 0.294. The van der Waals surface area contributed by atoms with Crippen molar-refractivity contribution in [1.82, 2.24) is 9.97 Å². The first-order valence-electron chi connectivity index (χ1n) is 13.8. The molecule has 192 valence electrons. The van der Waals surface area contributed by atoms with Crippen molar-refractivity contribution in [1.29, 1.82) is 0 Å². The summed E-state index contributed by atoms with van der Waals surface area (Å²) in [5, 5.41) is 15.5. The number of aliphatic hydroxyl groups excluding tert-OH is 1. The first-order chi connectivity index (χ1) is 18.5. The number of benzene rings is 3. The Hall–Kier alpha value is -3.60. The first-order valence-corrected chi connectivity index (χ1v) is 13.8. The van der Waals surface area contributed by atoms with Crippen LogP contribution in [0.4, 0.5) is 0 Å². The van der Waals surface area contributed by atoms with Gasteiger partial charge in [-0.1, -0.05) is 67.6 Å². The molecule has 1 N–H and O–H groups in total. The van der Waals surface area contributed by atoms with E-state index in [9.17, 15) is 5.11 Å². The van der Waals surface area contributed by atoms with Gasteiger partial charge in [-0.3, -0.25) is 4.98 Å². The number of quaternary nitrogens is 1. The molecule has 5 atom stereocenters. The second kappa shape index (κ2) is 9.94. The Morgan fingerprint density at radius 1 is 0.921 bits per heavy atom. The predicted octanol–water partition coefficient (Wildman–Crippen LogP) is 7.22. The summed E-state index contributed by atoms with van der Waals surface area (Å²) in [5.41, 5.74) is 5.25. The van der Waals surface area contributed by atoms with E-state index in [0.717, 1.165) is 58.0 Å². The Balaban J connectivity index is 1.51. The minimum Gasteiger partial charge on any atom is -0.382 e. The maximum Gasteiger partial charge on any atom is 0.131 e. The number of pyridine rings is 2. The molecule has 0 bridgehead atoms. The normalized spacial score (nSPS) is 23.4. The molecule has 0 spiro atoms. The van der Waals surface area contributed by atoms with Crippen LogP contribution in [-0.4, -0.2) is 38.7 Å². The monoisotopic (exact) mass is 502 g/mol. The van der Waals surface area contributed by atoms with Crippen molar-refractivity contribution in [2.24, 2.45) is 11.8 Å². The lowest BCUT2D eigenvalue weighted by atomic mass is 9.82. The molecule has 4 heteroatoms. The van der Waals surface area contributed by atoms with Gasteiger partial charge in [0.2, 0.25) is 0 Å². The number of nitrogens with zero attached hydrogens (tertiary/aromatic N) is 3. The molecule has 0 amide bonds. The van der Waals surface area contributed by atoms with Crippen LogP contribution in [0.5, 0.6) is 0 Å². The van der Waals surface area contributed by atoms with Crippen molar-refractivity contribution in [3.05, 3.63) is 109 Å². The van der Waals surface area contributed by atoms with Crippen molar-refractivity contribution in [2.75, 3.05) is 13.1 Å². The van der Waals surface area contributed by atoms with Crippen LogP contribution in [0, 0.1) is 11.8 Å². The van der Waals surface area contributed by atoms with Crippen LogP contribution >= 0.6 is 0 Å². The van der Waals surface area contributed by atoms with Gasteiger partial charge in [-0.15, -0.1) is 6.58 Å². The molecule has 1 saturated heterocycles. The van der Waals surface area contributed by atoms with Gasteiger partial charge in [0.15, 0.2) is 0 Å². The molecule has 1 fully saturated rings. The molecular weight excluding hydrogens is 466 g/mol. The highest BCUT2D eigenvalue weighted by Crippen LogP contribution is 2.40. The van der Waals surface area contributed by atoms with Crippen LogP contribution < -0.4 is 0 Å². The molecule has 1 aliphatic heterocycles. The van der Waals surface area contributed by atoms with Crippen LogP contribution in [0.3, 0.4) is 0 Å². The first kappa shape index (κ1) is 24.7. The van der Waals surface area contributed by atoms with Crippen LogP contribution in [0.25, 0.3) is 32.7 Å². The zero-order valence-electron chi connectivity index (χ0n) is 22.3. The predicted molar refractivity (Wildman–Crippen MR) is 157 cm³/mol. The fourth-order valence-corrected chi connectivity index (χ4v) is 6.68. The lowest BCUT2D eigenvalue weighted by molar-refractivity contribution is -0.973. The second-order valence-electron chi connectivity index (χ2n) is 11.2. The average Bonchev–Trinajstić information content (AvgIpc) is 2.97. The highest BCUT2D eigenvalue weighted by molar-refractivity contribution is 5.97. The standard InChI is InChI=1S/C34H36N3O/c1-4-25-21-37(20-18-23(25)2,24(3)34(38)29-17-19-35-31-14-8-5-11-26(29)31)22-30-27-12-6-9-15-32(27)36-33-16-10-7-13-28(30)33/h4-17,19,23-25,34,38H,1,18,20-22H2,2-3H3/q+1/t23?,24-,25?,34-,37?/m0/s1. The van der Waals surface area contributed by atoms with E-state index in [0.29, 0.717) is 11.8 Å². The van der Waals surface area contributed by atoms with Gasteiger partial charge in [-0.2, -0.15) is 0 Å². The Morgan fingerprint density at radius 2 is 1.53 bits per heavy atom. The molecule has 3 unspecified atom stereocenters. The van der Waals surface area contributed by atoms with E-state index >= 15 is 0 Å². The number of hydrogen-bond acceptors (Lipinski definition) is 3. The van der Waals surface area contributed by atoms with Gasteiger partial charge in [-0.05, 0) is 49.1 Å². The maximum atomic E-state index is 12.1. The molecule has 6 rings (SSSR count). The van der Waals surface area contributed by atoms with Gasteiger partial charge >= 0.3 is 0 Å². The van der Waals surface area contributed by atoms with Gasteiger partial charge in [-0.25, -0.2) is 4.98 Å².